The molecule has 1 heterocycles. The molecule has 2 N–H and O–H groups in total. The van der Waals surface area contributed by atoms with E-state index in [1.54, 1.807) is 0 Å². The molecule has 1 aromatic heterocycles. The van der Waals surface area contributed by atoms with Gasteiger partial charge >= 0.3 is 0 Å². The molecule has 1 saturated carbocycles. The molecule has 0 spiro atoms. The molecule has 1 aromatic rings. The predicted octanol–water partition coefficient (Wildman–Crippen LogP) is 2.60. The van der Waals surface area contributed by atoms with Crippen molar-refractivity contribution in [2.75, 3.05) is 18.0 Å². The van der Waals surface area contributed by atoms with Gasteiger partial charge in [0.2, 0.25) is 0 Å². The molecule has 1 atom stereocenters. The highest BCUT2D eigenvalue weighted by atomic mass is 15.2. The Hall–Kier alpha value is -1.09. The van der Waals surface area contributed by atoms with E-state index in [0.29, 0.717) is 0 Å². The van der Waals surface area contributed by atoms with Gasteiger partial charge in [-0.2, -0.15) is 0 Å². The van der Waals surface area contributed by atoms with Crippen molar-refractivity contribution < 1.29 is 0 Å². The Kier molecular flexibility index (Phi) is 4.59. The molecule has 0 aliphatic heterocycles. The zero-order chi connectivity index (χ0) is 13.0. The largest absolute Gasteiger partial charge is 0.357 e. The molecular weight excluding hydrogens is 222 g/mol. The number of nitrogens with two attached hydrogens (primary N) is 1. The third kappa shape index (κ3) is 3.70. The second kappa shape index (κ2) is 6.19. The standard InChI is InChI=1S/C15H25N3/c1-3-14(16)9-13-7-8-15(17-10-13)18(4-2)11-12-5-6-12/h7-8,10,12,14H,3-6,9,11,16H2,1-2H3. The summed E-state index contributed by atoms with van der Waals surface area (Å²) < 4.78 is 0. The monoisotopic (exact) mass is 247 g/mol. The maximum atomic E-state index is 5.96. The van der Waals surface area contributed by atoms with Crippen LogP contribution in [-0.2, 0) is 6.42 Å². The molecule has 1 aliphatic rings. The summed E-state index contributed by atoms with van der Waals surface area (Å²) in [5, 5.41) is 0. The molecule has 0 aromatic carbocycles. The van der Waals surface area contributed by atoms with Crippen LogP contribution in [0.1, 0.15) is 38.7 Å². The van der Waals surface area contributed by atoms with Crippen LogP contribution < -0.4 is 10.6 Å². The summed E-state index contributed by atoms with van der Waals surface area (Å²) in [5.74, 6) is 2.01. The molecule has 0 saturated heterocycles. The first-order valence-electron chi connectivity index (χ1n) is 7.18. The summed E-state index contributed by atoms with van der Waals surface area (Å²) in [5.41, 5.74) is 7.21. The molecular formula is C15H25N3. The van der Waals surface area contributed by atoms with Crippen molar-refractivity contribution in [3.8, 4) is 0 Å². The fourth-order valence-electron chi connectivity index (χ4n) is 2.17. The van der Waals surface area contributed by atoms with Gasteiger partial charge in [-0.05, 0) is 50.2 Å². The number of hydrogen-bond donors (Lipinski definition) is 1. The van der Waals surface area contributed by atoms with Crippen molar-refractivity contribution in [3.63, 3.8) is 0 Å². The highest BCUT2D eigenvalue weighted by Gasteiger charge is 2.24. The van der Waals surface area contributed by atoms with E-state index in [0.717, 1.165) is 37.7 Å². The molecule has 100 valence electrons. The van der Waals surface area contributed by atoms with Crippen LogP contribution in [0.15, 0.2) is 18.3 Å². The van der Waals surface area contributed by atoms with Gasteiger partial charge in [-0.1, -0.05) is 13.0 Å². The van der Waals surface area contributed by atoms with E-state index in [9.17, 15) is 0 Å². The van der Waals surface area contributed by atoms with E-state index in [-0.39, 0.29) is 6.04 Å². The van der Waals surface area contributed by atoms with E-state index in [1.807, 2.05) is 6.20 Å². The first-order chi connectivity index (χ1) is 8.72. The zero-order valence-electron chi connectivity index (χ0n) is 11.6. The van der Waals surface area contributed by atoms with Crippen LogP contribution in [0.3, 0.4) is 0 Å². The smallest absolute Gasteiger partial charge is 0.128 e. The van der Waals surface area contributed by atoms with E-state index in [2.05, 4.69) is 35.9 Å². The lowest BCUT2D eigenvalue weighted by molar-refractivity contribution is 0.644. The molecule has 1 unspecified atom stereocenters. The Morgan fingerprint density at radius 3 is 2.67 bits per heavy atom. The first-order valence-corrected chi connectivity index (χ1v) is 7.18. The lowest BCUT2D eigenvalue weighted by Crippen LogP contribution is -2.26. The molecule has 3 heteroatoms. The maximum Gasteiger partial charge on any atom is 0.128 e. The second-order valence-corrected chi connectivity index (χ2v) is 5.38. The van der Waals surface area contributed by atoms with Gasteiger partial charge in [-0.15, -0.1) is 0 Å². The van der Waals surface area contributed by atoms with Crippen molar-refractivity contribution in [2.45, 2.75) is 45.6 Å². The fraction of sp³-hybridized carbons (Fsp3) is 0.667. The molecule has 3 nitrogen and oxygen atoms in total. The normalized spacial score (nSPS) is 16.6. The second-order valence-electron chi connectivity index (χ2n) is 5.38. The van der Waals surface area contributed by atoms with E-state index < -0.39 is 0 Å². The summed E-state index contributed by atoms with van der Waals surface area (Å²) in [7, 11) is 0. The number of aromatic nitrogens is 1. The van der Waals surface area contributed by atoms with Crippen molar-refractivity contribution in [2.24, 2.45) is 11.7 Å². The van der Waals surface area contributed by atoms with Crippen LogP contribution in [0.5, 0.6) is 0 Å². The molecule has 0 radical (unpaired) electrons. The average molecular weight is 247 g/mol. The Bertz CT molecular complexity index is 357. The van der Waals surface area contributed by atoms with Gasteiger partial charge in [0.15, 0.2) is 0 Å². The summed E-state index contributed by atoms with van der Waals surface area (Å²) >= 11 is 0. The van der Waals surface area contributed by atoms with Crippen molar-refractivity contribution in [1.82, 2.24) is 4.98 Å². The number of anilines is 1. The van der Waals surface area contributed by atoms with E-state index in [4.69, 9.17) is 5.73 Å². The topological polar surface area (TPSA) is 42.1 Å². The quantitative estimate of drug-likeness (QED) is 0.805. The third-order valence-corrected chi connectivity index (χ3v) is 3.71. The van der Waals surface area contributed by atoms with Gasteiger partial charge in [-0.3, -0.25) is 0 Å². The summed E-state index contributed by atoms with van der Waals surface area (Å²) in [6.07, 6.45) is 6.71. The Balaban J connectivity index is 1.96. The minimum Gasteiger partial charge on any atom is -0.357 e. The van der Waals surface area contributed by atoms with E-state index >= 15 is 0 Å². The van der Waals surface area contributed by atoms with Gasteiger partial charge in [0.25, 0.3) is 0 Å². The van der Waals surface area contributed by atoms with Gasteiger partial charge in [0.1, 0.15) is 5.82 Å². The van der Waals surface area contributed by atoms with Crippen LogP contribution in [0.25, 0.3) is 0 Å². The van der Waals surface area contributed by atoms with Crippen LogP contribution in [0, 0.1) is 5.92 Å². The minimum absolute atomic E-state index is 0.256. The Morgan fingerprint density at radius 1 is 1.39 bits per heavy atom. The molecule has 2 rings (SSSR count). The van der Waals surface area contributed by atoms with Crippen molar-refractivity contribution in [3.05, 3.63) is 23.9 Å². The van der Waals surface area contributed by atoms with Crippen LogP contribution in [0.4, 0.5) is 5.82 Å². The number of rotatable bonds is 7. The molecule has 0 bridgehead atoms. The van der Waals surface area contributed by atoms with Crippen molar-refractivity contribution in [1.29, 1.82) is 0 Å². The lowest BCUT2D eigenvalue weighted by atomic mass is 10.1. The average Bonchev–Trinajstić information content (AvgIpc) is 3.21. The molecule has 1 aliphatic carbocycles. The molecule has 0 amide bonds. The predicted molar refractivity (Wildman–Crippen MR) is 76.8 cm³/mol. The highest BCUT2D eigenvalue weighted by Crippen LogP contribution is 2.30. The highest BCUT2D eigenvalue weighted by molar-refractivity contribution is 5.39. The fourth-order valence-corrected chi connectivity index (χ4v) is 2.17. The summed E-state index contributed by atoms with van der Waals surface area (Å²) in [6, 6.07) is 4.57. The van der Waals surface area contributed by atoms with Gasteiger partial charge in [-0.25, -0.2) is 4.98 Å². The Labute approximate surface area is 110 Å². The van der Waals surface area contributed by atoms with Crippen LogP contribution in [-0.4, -0.2) is 24.1 Å². The zero-order valence-corrected chi connectivity index (χ0v) is 11.6. The third-order valence-electron chi connectivity index (χ3n) is 3.71. The SMILES string of the molecule is CCC(N)Cc1ccc(N(CC)CC2CC2)nc1. The van der Waals surface area contributed by atoms with Crippen molar-refractivity contribution >= 4 is 5.82 Å². The van der Waals surface area contributed by atoms with Crippen LogP contribution in [0.2, 0.25) is 0 Å². The lowest BCUT2D eigenvalue weighted by Gasteiger charge is -2.22. The Morgan fingerprint density at radius 2 is 2.17 bits per heavy atom. The maximum absolute atomic E-state index is 5.96. The van der Waals surface area contributed by atoms with E-state index in [1.165, 1.54) is 18.4 Å². The van der Waals surface area contributed by atoms with Gasteiger partial charge < -0.3 is 10.6 Å². The summed E-state index contributed by atoms with van der Waals surface area (Å²) in [6.45, 7) is 6.53. The van der Waals surface area contributed by atoms with Crippen LogP contribution >= 0.6 is 0 Å². The number of pyridine rings is 1. The van der Waals surface area contributed by atoms with Gasteiger partial charge in [0, 0.05) is 25.3 Å². The summed E-state index contributed by atoms with van der Waals surface area (Å²) in [4.78, 5) is 6.96. The van der Waals surface area contributed by atoms with Gasteiger partial charge in [0.05, 0.1) is 0 Å². The molecule has 1 fully saturated rings. The minimum atomic E-state index is 0.256. The number of hydrogen-bond acceptors (Lipinski definition) is 3. The number of nitrogens with zero attached hydrogens (tertiary/aromatic N) is 2. The molecule has 18 heavy (non-hydrogen) atoms. The first kappa shape index (κ1) is 13.3.